The Morgan fingerprint density at radius 3 is 2.70 bits per heavy atom. The zero-order chi connectivity index (χ0) is 14.3. The third-order valence-corrected chi connectivity index (χ3v) is 4.68. The second-order valence-corrected chi connectivity index (χ2v) is 6.32. The van der Waals surface area contributed by atoms with Gasteiger partial charge in [-0.2, -0.15) is 0 Å². The van der Waals surface area contributed by atoms with Crippen molar-refractivity contribution in [2.45, 2.75) is 18.8 Å². The number of piperidine rings is 1. The number of fused-ring (bicyclic) bond motifs is 1. The Morgan fingerprint density at radius 1 is 1.35 bits per heavy atom. The molecule has 1 aliphatic heterocycles. The number of aromatic nitrogens is 1. The molecule has 0 atom stereocenters. The van der Waals surface area contributed by atoms with E-state index in [4.69, 9.17) is 5.11 Å². The van der Waals surface area contributed by atoms with Crippen LogP contribution in [0.3, 0.4) is 0 Å². The van der Waals surface area contributed by atoms with Gasteiger partial charge in [0.05, 0.1) is 0 Å². The number of hydrogen-bond acceptors (Lipinski definition) is 1. The minimum absolute atomic E-state index is 0.454. The fourth-order valence-corrected chi connectivity index (χ4v) is 3.44. The SMILES string of the molecule is Cn1cc(C2CCN(C(=O)O)CC2)c2ccc(Br)cc21. The second-order valence-electron chi connectivity index (χ2n) is 5.40. The summed E-state index contributed by atoms with van der Waals surface area (Å²) in [7, 11) is 2.06. The van der Waals surface area contributed by atoms with Crippen LogP contribution in [0.1, 0.15) is 24.3 Å². The molecule has 0 unspecified atom stereocenters. The lowest BCUT2D eigenvalue weighted by molar-refractivity contribution is 0.132. The number of likely N-dealkylation sites (tertiary alicyclic amines) is 1. The van der Waals surface area contributed by atoms with Crippen LogP contribution in [0.15, 0.2) is 28.9 Å². The van der Waals surface area contributed by atoms with Crippen LogP contribution in [0.5, 0.6) is 0 Å². The minimum atomic E-state index is -0.801. The summed E-state index contributed by atoms with van der Waals surface area (Å²) < 4.78 is 3.23. The highest BCUT2D eigenvalue weighted by molar-refractivity contribution is 9.10. The molecule has 1 saturated heterocycles. The highest BCUT2D eigenvalue weighted by Gasteiger charge is 2.25. The molecule has 2 aromatic rings. The maximum atomic E-state index is 11.0. The van der Waals surface area contributed by atoms with Crippen LogP contribution < -0.4 is 0 Å². The van der Waals surface area contributed by atoms with Crippen molar-refractivity contribution >= 4 is 32.9 Å². The predicted molar refractivity (Wildman–Crippen MR) is 82.2 cm³/mol. The zero-order valence-corrected chi connectivity index (χ0v) is 12.9. The minimum Gasteiger partial charge on any atom is -0.465 e. The van der Waals surface area contributed by atoms with E-state index in [1.807, 2.05) is 0 Å². The molecule has 5 heteroatoms. The smallest absolute Gasteiger partial charge is 0.407 e. The van der Waals surface area contributed by atoms with Gasteiger partial charge in [-0.05, 0) is 36.5 Å². The van der Waals surface area contributed by atoms with Gasteiger partial charge in [-0.25, -0.2) is 4.79 Å². The normalized spacial score (nSPS) is 16.8. The third-order valence-electron chi connectivity index (χ3n) is 4.19. The Labute approximate surface area is 126 Å². The van der Waals surface area contributed by atoms with E-state index in [0.717, 1.165) is 17.3 Å². The lowest BCUT2D eigenvalue weighted by atomic mass is 9.89. The zero-order valence-electron chi connectivity index (χ0n) is 11.3. The quantitative estimate of drug-likeness (QED) is 0.860. The number of amides is 1. The van der Waals surface area contributed by atoms with Crippen molar-refractivity contribution in [1.29, 1.82) is 0 Å². The molecule has 1 aromatic carbocycles. The number of rotatable bonds is 1. The van der Waals surface area contributed by atoms with Crippen LogP contribution in [0, 0.1) is 0 Å². The Hall–Kier alpha value is -1.49. The van der Waals surface area contributed by atoms with Crippen molar-refractivity contribution in [3.05, 3.63) is 34.4 Å². The lowest BCUT2D eigenvalue weighted by Crippen LogP contribution is -2.36. The van der Waals surface area contributed by atoms with E-state index < -0.39 is 6.09 Å². The van der Waals surface area contributed by atoms with E-state index in [1.54, 1.807) is 0 Å². The Balaban J connectivity index is 1.90. The number of nitrogens with zero attached hydrogens (tertiary/aromatic N) is 2. The number of hydrogen-bond donors (Lipinski definition) is 1. The van der Waals surface area contributed by atoms with Crippen molar-refractivity contribution in [3.8, 4) is 0 Å². The van der Waals surface area contributed by atoms with Crippen LogP contribution in [0.4, 0.5) is 4.79 Å². The summed E-state index contributed by atoms with van der Waals surface area (Å²) in [6.45, 7) is 1.26. The van der Waals surface area contributed by atoms with Crippen molar-refractivity contribution in [1.82, 2.24) is 9.47 Å². The van der Waals surface area contributed by atoms with Crippen molar-refractivity contribution < 1.29 is 9.90 Å². The van der Waals surface area contributed by atoms with E-state index >= 15 is 0 Å². The molecule has 20 heavy (non-hydrogen) atoms. The van der Waals surface area contributed by atoms with Gasteiger partial charge < -0.3 is 14.6 Å². The molecule has 0 spiro atoms. The Kier molecular flexibility index (Phi) is 3.46. The second kappa shape index (κ2) is 5.13. The molecular formula is C15H17BrN2O2. The number of halogens is 1. The fourth-order valence-electron chi connectivity index (χ4n) is 3.10. The molecule has 1 aliphatic rings. The van der Waals surface area contributed by atoms with Crippen molar-refractivity contribution in [3.63, 3.8) is 0 Å². The van der Waals surface area contributed by atoms with Gasteiger partial charge in [-0.15, -0.1) is 0 Å². The summed E-state index contributed by atoms with van der Waals surface area (Å²) in [6, 6.07) is 6.35. The monoisotopic (exact) mass is 336 g/mol. The first-order valence-corrected chi connectivity index (χ1v) is 7.58. The largest absolute Gasteiger partial charge is 0.465 e. The number of carboxylic acid groups (broad SMARTS) is 1. The van der Waals surface area contributed by atoms with E-state index in [1.165, 1.54) is 21.4 Å². The standard InChI is InChI=1S/C15H17BrN2O2/c1-17-9-13(12-3-2-11(16)8-14(12)17)10-4-6-18(7-5-10)15(19)20/h2-3,8-10H,4-7H2,1H3,(H,19,20). The van der Waals surface area contributed by atoms with E-state index in [2.05, 4.69) is 51.9 Å². The van der Waals surface area contributed by atoms with E-state index in [0.29, 0.717) is 19.0 Å². The Bertz CT molecular complexity index is 657. The number of aryl methyl sites for hydroxylation is 1. The van der Waals surface area contributed by atoms with E-state index in [-0.39, 0.29) is 0 Å². The molecule has 3 rings (SSSR count). The maximum Gasteiger partial charge on any atom is 0.407 e. The molecule has 0 aliphatic carbocycles. The molecule has 0 bridgehead atoms. The van der Waals surface area contributed by atoms with Gasteiger partial charge in [-0.1, -0.05) is 22.0 Å². The fraction of sp³-hybridized carbons (Fsp3) is 0.400. The van der Waals surface area contributed by atoms with Gasteiger partial charge in [0.25, 0.3) is 0 Å². The van der Waals surface area contributed by atoms with Gasteiger partial charge >= 0.3 is 6.09 Å². The van der Waals surface area contributed by atoms with Crippen LogP contribution >= 0.6 is 15.9 Å². The average Bonchev–Trinajstić information content (AvgIpc) is 2.76. The third kappa shape index (κ3) is 2.30. The molecule has 1 N–H and O–H groups in total. The van der Waals surface area contributed by atoms with Crippen molar-refractivity contribution in [2.24, 2.45) is 7.05 Å². The van der Waals surface area contributed by atoms with Gasteiger partial charge in [0.2, 0.25) is 0 Å². The first-order chi connectivity index (χ1) is 9.56. The van der Waals surface area contributed by atoms with Crippen LogP contribution in [-0.2, 0) is 7.05 Å². The summed E-state index contributed by atoms with van der Waals surface area (Å²) in [4.78, 5) is 12.5. The summed E-state index contributed by atoms with van der Waals surface area (Å²) in [5.74, 6) is 0.454. The first kappa shape index (κ1) is 13.5. The van der Waals surface area contributed by atoms with Gasteiger partial charge in [0, 0.05) is 41.7 Å². The Morgan fingerprint density at radius 2 is 2.05 bits per heavy atom. The predicted octanol–water partition coefficient (Wildman–Crippen LogP) is 3.80. The summed E-state index contributed by atoms with van der Waals surface area (Å²) in [5, 5.41) is 10.3. The molecule has 2 heterocycles. The van der Waals surface area contributed by atoms with Gasteiger partial charge in [0.15, 0.2) is 0 Å². The number of carbonyl (C=O) groups is 1. The molecule has 0 radical (unpaired) electrons. The van der Waals surface area contributed by atoms with Gasteiger partial charge in [-0.3, -0.25) is 0 Å². The van der Waals surface area contributed by atoms with Gasteiger partial charge in [0.1, 0.15) is 0 Å². The summed E-state index contributed by atoms with van der Waals surface area (Å²) >= 11 is 3.51. The molecule has 1 aromatic heterocycles. The van der Waals surface area contributed by atoms with Crippen molar-refractivity contribution in [2.75, 3.05) is 13.1 Å². The number of benzene rings is 1. The lowest BCUT2D eigenvalue weighted by Gasteiger charge is -2.29. The molecule has 4 nitrogen and oxygen atoms in total. The molecule has 106 valence electrons. The van der Waals surface area contributed by atoms with E-state index in [9.17, 15) is 4.79 Å². The topological polar surface area (TPSA) is 45.5 Å². The first-order valence-electron chi connectivity index (χ1n) is 6.78. The average molecular weight is 337 g/mol. The highest BCUT2D eigenvalue weighted by atomic mass is 79.9. The maximum absolute atomic E-state index is 11.0. The molecule has 1 fully saturated rings. The molecule has 1 amide bonds. The van der Waals surface area contributed by atoms with Crippen LogP contribution in [-0.4, -0.2) is 33.8 Å². The van der Waals surface area contributed by atoms with Crippen LogP contribution in [0.2, 0.25) is 0 Å². The summed E-state index contributed by atoms with van der Waals surface area (Å²) in [6.07, 6.45) is 3.20. The van der Waals surface area contributed by atoms with Crippen LogP contribution in [0.25, 0.3) is 10.9 Å². The molecule has 0 saturated carbocycles. The summed E-state index contributed by atoms with van der Waals surface area (Å²) in [5.41, 5.74) is 2.56. The molecular weight excluding hydrogens is 320 g/mol. The highest BCUT2D eigenvalue weighted by Crippen LogP contribution is 2.35.